The van der Waals surface area contributed by atoms with E-state index in [1.165, 1.54) is 16.8 Å². The minimum Gasteiger partial charge on any atom is -0.497 e. The Bertz CT molecular complexity index is 799. The molecule has 0 amide bonds. The summed E-state index contributed by atoms with van der Waals surface area (Å²) < 4.78 is 5.31. The van der Waals surface area contributed by atoms with Crippen molar-refractivity contribution in [3.63, 3.8) is 0 Å². The number of ether oxygens (including phenoxy) is 1. The van der Waals surface area contributed by atoms with Gasteiger partial charge in [-0.3, -0.25) is 5.10 Å². The summed E-state index contributed by atoms with van der Waals surface area (Å²) in [7, 11) is 1.71. The molecule has 0 spiro atoms. The average molecular weight is 347 g/mol. The van der Waals surface area contributed by atoms with Gasteiger partial charge in [0.2, 0.25) is 0 Å². The van der Waals surface area contributed by atoms with Crippen LogP contribution in [0.25, 0.3) is 0 Å². The van der Waals surface area contributed by atoms with E-state index in [-0.39, 0.29) is 0 Å². The van der Waals surface area contributed by atoms with Gasteiger partial charge in [0, 0.05) is 43.4 Å². The van der Waals surface area contributed by atoms with Crippen molar-refractivity contribution in [1.82, 2.24) is 15.1 Å². The highest BCUT2D eigenvalue weighted by atomic mass is 16.5. The summed E-state index contributed by atoms with van der Waals surface area (Å²) >= 11 is 0. The van der Waals surface area contributed by atoms with Gasteiger partial charge in [0.15, 0.2) is 0 Å². The zero-order chi connectivity index (χ0) is 17.8. The van der Waals surface area contributed by atoms with Crippen molar-refractivity contribution in [3.8, 4) is 5.75 Å². The second-order valence-electron chi connectivity index (χ2n) is 6.99. The van der Waals surface area contributed by atoms with Gasteiger partial charge in [0.1, 0.15) is 5.75 Å². The van der Waals surface area contributed by atoms with Crippen molar-refractivity contribution in [1.29, 1.82) is 0 Å². The van der Waals surface area contributed by atoms with Crippen LogP contribution >= 0.6 is 0 Å². The van der Waals surface area contributed by atoms with Crippen molar-refractivity contribution < 1.29 is 4.74 Å². The quantitative estimate of drug-likeness (QED) is 0.736. The minimum absolute atomic E-state index is 0.446. The number of aromatic amines is 1. The fraction of sp³-hybridized carbons (Fsp3) is 0.318. The van der Waals surface area contributed by atoms with Crippen LogP contribution in [0.4, 0.5) is 0 Å². The maximum atomic E-state index is 5.31. The van der Waals surface area contributed by atoms with Crippen LogP contribution in [-0.4, -0.2) is 41.8 Å². The molecule has 2 heterocycles. The van der Waals surface area contributed by atoms with Crippen LogP contribution in [0.3, 0.4) is 0 Å². The van der Waals surface area contributed by atoms with Crippen molar-refractivity contribution in [3.05, 3.63) is 83.7 Å². The summed E-state index contributed by atoms with van der Waals surface area (Å²) in [6.07, 6.45) is 2.94. The van der Waals surface area contributed by atoms with Crippen molar-refractivity contribution in [2.45, 2.75) is 18.3 Å². The Morgan fingerprint density at radius 1 is 1.00 bits per heavy atom. The van der Waals surface area contributed by atoms with E-state index in [2.05, 4.69) is 75.8 Å². The monoisotopic (exact) mass is 347 g/mol. The average Bonchev–Trinajstić information content (AvgIpc) is 3.37. The van der Waals surface area contributed by atoms with Crippen molar-refractivity contribution in [2.75, 3.05) is 26.7 Å². The van der Waals surface area contributed by atoms with Crippen LogP contribution in [0.2, 0.25) is 0 Å². The third kappa shape index (κ3) is 3.65. The summed E-state index contributed by atoms with van der Waals surface area (Å²) in [6, 6.07) is 21.4. The Kier molecular flexibility index (Phi) is 5.02. The Hall–Kier alpha value is -2.59. The molecular weight excluding hydrogens is 322 g/mol. The van der Waals surface area contributed by atoms with E-state index < -0.39 is 0 Å². The first-order chi connectivity index (χ1) is 12.8. The molecule has 1 aliphatic rings. The molecule has 1 saturated heterocycles. The van der Waals surface area contributed by atoms with E-state index in [1.807, 2.05) is 6.20 Å². The number of hydrogen-bond donors (Lipinski definition) is 1. The molecule has 26 heavy (non-hydrogen) atoms. The van der Waals surface area contributed by atoms with E-state index in [1.54, 1.807) is 7.11 Å². The summed E-state index contributed by atoms with van der Waals surface area (Å²) in [5, 5.41) is 7.37. The lowest BCUT2D eigenvalue weighted by molar-refractivity contribution is 0.335. The molecule has 0 bridgehead atoms. The van der Waals surface area contributed by atoms with Gasteiger partial charge < -0.3 is 9.64 Å². The number of nitrogens with one attached hydrogen (secondary N) is 1. The van der Waals surface area contributed by atoms with Gasteiger partial charge in [-0.15, -0.1) is 0 Å². The van der Waals surface area contributed by atoms with Gasteiger partial charge >= 0.3 is 0 Å². The molecule has 0 radical (unpaired) electrons. The van der Waals surface area contributed by atoms with Gasteiger partial charge in [-0.05, 0) is 35.7 Å². The highest BCUT2D eigenvalue weighted by molar-refractivity contribution is 5.33. The molecule has 134 valence electrons. The Labute approximate surface area is 154 Å². The fourth-order valence-corrected chi connectivity index (χ4v) is 3.98. The molecule has 4 nitrogen and oxygen atoms in total. The van der Waals surface area contributed by atoms with Crippen LogP contribution in [0.1, 0.15) is 28.7 Å². The molecule has 4 rings (SSSR count). The van der Waals surface area contributed by atoms with Crippen LogP contribution in [0.5, 0.6) is 5.75 Å². The number of aromatic nitrogens is 2. The van der Waals surface area contributed by atoms with E-state index in [4.69, 9.17) is 4.74 Å². The maximum absolute atomic E-state index is 5.31. The third-order valence-corrected chi connectivity index (χ3v) is 5.42. The number of rotatable bonds is 6. The number of methoxy groups -OCH3 is 1. The second kappa shape index (κ2) is 7.75. The predicted molar refractivity (Wildman–Crippen MR) is 104 cm³/mol. The molecule has 1 aliphatic heterocycles. The molecule has 2 aromatic carbocycles. The van der Waals surface area contributed by atoms with Gasteiger partial charge in [0.05, 0.1) is 7.11 Å². The van der Waals surface area contributed by atoms with Gasteiger partial charge in [-0.2, -0.15) is 5.10 Å². The molecule has 1 fully saturated rings. The summed E-state index contributed by atoms with van der Waals surface area (Å²) in [5.41, 5.74) is 4.00. The lowest BCUT2D eigenvalue weighted by Crippen LogP contribution is -2.23. The normalized spacial score (nSPS) is 20.3. The SMILES string of the molecule is COc1ccc([C@@H]2CN(CCc3ccccc3)C[C@H]2c2ccn[nH]2)cc1. The summed E-state index contributed by atoms with van der Waals surface area (Å²) in [5.74, 6) is 1.82. The first-order valence-corrected chi connectivity index (χ1v) is 9.23. The Balaban J connectivity index is 1.50. The molecule has 0 saturated carbocycles. The number of H-pyrrole nitrogens is 1. The lowest BCUT2D eigenvalue weighted by atomic mass is 9.87. The summed E-state index contributed by atoms with van der Waals surface area (Å²) in [4.78, 5) is 2.58. The second-order valence-corrected chi connectivity index (χ2v) is 6.99. The van der Waals surface area contributed by atoms with E-state index in [0.29, 0.717) is 11.8 Å². The molecule has 3 aromatic rings. The molecule has 2 atom stereocenters. The van der Waals surface area contributed by atoms with Gasteiger partial charge in [-0.1, -0.05) is 42.5 Å². The predicted octanol–water partition coefficient (Wildman–Crippen LogP) is 3.84. The van der Waals surface area contributed by atoms with E-state index in [0.717, 1.165) is 31.8 Å². The van der Waals surface area contributed by atoms with Crippen LogP contribution in [-0.2, 0) is 6.42 Å². The van der Waals surface area contributed by atoms with Crippen LogP contribution < -0.4 is 4.74 Å². The molecule has 0 aliphatic carbocycles. The molecule has 0 unspecified atom stereocenters. The van der Waals surface area contributed by atoms with Crippen LogP contribution in [0, 0.1) is 0 Å². The number of nitrogens with zero attached hydrogens (tertiary/aromatic N) is 2. The molecule has 4 heteroatoms. The van der Waals surface area contributed by atoms with Crippen LogP contribution in [0.15, 0.2) is 66.9 Å². The number of benzene rings is 2. The smallest absolute Gasteiger partial charge is 0.118 e. The number of hydrogen-bond acceptors (Lipinski definition) is 3. The summed E-state index contributed by atoms with van der Waals surface area (Å²) in [6.45, 7) is 3.22. The lowest BCUT2D eigenvalue weighted by Gasteiger charge is -2.18. The molecule has 1 aromatic heterocycles. The minimum atomic E-state index is 0.446. The largest absolute Gasteiger partial charge is 0.497 e. The first kappa shape index (κ1) is 16.9. The Morgan fingerprint density at radius 3 is 2.46 bits per heavy atom. The Morgan fingerprint density at radius 2 is 1.77 bits per heavy atom. The van der Waals surface area contributed by atoms with Gasteiger partial charge in [-0.25, -0.2) is 0 Å². The highest BCUT2D eigenvalue weighted by Gasteiger charge is 2.35. The van der Waals surface area contributed by atoms with Crippen molar-refractivity contribution in [2.24, 2.45) is 0 Å². The molecular formula is C22H25N3O. The molecule has 1 N–H and O–H groups in total. The number of likely N-dealkylation sites (tertiary alicyclic amines) is 1. The highest BCUT2D eigenvalue weighted by Crippen LogP contribution is 2.39. The topological polar surface area (TPSA) is 41.1 Å². The fourth-order valence-electron chi connectivity index (χ4n) is 3.98. The third-order valence-electron chi connectivity index (χ3n) is 5.42. The van der Waals surface area contributed by atoms with Crippen molar-refractivity contribution >= 4 is 0 Å². The first-order valence-electron chi connectivity index (χ1n) is 9.23. The zero-order valence-corrected chi connectivity index (χ0v) is 15.1. The zero-order valence-electron chi connectivity index (χ0n) is 15.1. The standard InChI is InChI=1S/C22H25N3O/c1-26-19-9-7-18(8-10-19)20-15-25(14-12-17-5-3-2-4-6-17)16-21(20)22-11-13-23-24-22/h2-11,13,20-21H,12,14-16H2,1H3,(H,23,24)/t20-,21+/m0/s1. The maximum Gasteiger partial charge on any atom is 0.118 e. The van der Waals surface area contributed by atoms with E-state index >= 15 is 0 Å². The van der Waals surface area contributed by atoms with E-state index in [9.17, 15) is 0 Å². The van der Waals surface area contributed by atoms with Gasteiger partial charge in [0.25, 0.3) is 0 Å².